The third kappa shape index (κ3) is 2.08. The van der Waals surface area contributed by atoms with Crippen LogP contribution in [-0.4, -0.2) is 32.2 Å². The second-order valence-corrected chi connectivity index (χ2v) is 3.61. The molecule has 2 aromatic rings. The summed E-state index contributed by atoms with van der Waals surface area (Å²) in [5.74, 6) is 1.60. The third-order valence-corrected chi connectivity index (χ3v) is 2.37. The molecule has 0 aliphatic heterocycles. The number of fused-ring (bicyclic) bond motifs is 1. The summed E-state index contributed by atoms with van der Waals surface area (Å²) in [6, 6.07) is -0.914. The van der Waals surface area contributed by atoms with E-state index in [2.05, 4.69) is 26.4 Å². The van der Waals surface area contributed by atoms with Crippen LogP contribution in [0.15, 0.2) is 10.9 Å². The second kappa shape index (κ2) is 4.71. The first kappa shape index (κ1) is 11.9. The van der Waals surface area contributed by atoms with Crippen LogP contribution in [0.5, 0.6) is 0 Å². The third-order valence-electron chi connectivity index (χ3n) is 2.37. The summed E-state index contributed by atoms with van der Waals surface area (Å²) in [4.78, 5) is 18.9. The maximum Gasteiger partial charge on any atom is 0.327 e. The lowest BCUT2D eigenvalue weighted by Crippen LogP contribution is -2.29. The van der Waals surface area contributed by atoms with E-state index in [4.69, 9.17) is 16.1 Å². The summed E-state index contributed by atoms with van der Waals surface area (Å²) in [6.07, 6.45) is 6.44. The maximum atomic E-state index is 11.0. The van der Waals surface area contributed by atoms with Gasteiger partial charge in [0.25, 0.3) is 5.71 Å². The van der Waals surface area contributed by atoms with E-state index in [9.17, 15) is 4.79 Å². The number of nitrogens with zero attached hydrogens (tertiary/aromatic N) is 3. The topological polar surface area (TPSA) is 101 Å². The number of anilines is 1. The van der Waals surface area contributed by atoms with Gasteiger partial charge < -0.3 is 14.9 Å². The number of carboxylic acids is 1. The van der Waals surface area contributed by atoms with Crippen molar-refractivity contribution in [3.05, 3.63) is 12.0 Å². The quantitative estimate of drug-likeness (QED) is 0.770. The van der Waals surface area contributed by atoms with E-state index in [1.54, 1.807) is 6.92 Å². The molecule has 92 valence electrons. The first-order valence-corrected chi connectivity index (χ1v) is 5.13. The average molecular weight is 246 g/mol. The Hall–Kier alpha value is -2.62. The molecule has 2 heterocycles. The van der Waals surface area contributed by atoms with Gasteiger partial charge in [0.1, 0.15) is 23.6 Å². The molecule has 2 N–H and O–H groups in total. The number of nitrogens with one attached hydrogen (secondary N) is 1. The molecule has 0 aromatic carbocycles. The molecule has 7 heteroatoms. The highest BCUT2D eigenvalue weighted by molar-refractivity contribution is 5.89. The molecule has 0 aliphatic carbocycles. The van der Waals surface area contributed by atoms with Gasteiger partial charge in [0.05, 0.1) is 5.69 Å². The fourth-order valence-corrected chi connectivity index (χ4v) is 1.51. The van der Waals surface area contributed by atoms with Gasteiger partial charge in [0.15, 0.2) is 0 Å². The molecule has 1 unspecified atom stereocenters. The number of carbonyl (C=O) groups is 1. The summed E-state index contributed by atoms with van der Waals surface area (Å²) in [6.45, 7) is 1.72. The van der Waals surface area contributed by atoms with Crippen LogP contribution in [0.25, 0.3) is 11.1 Å². The normalized spacial score (nSPS) is 12.0. The SMILES string of the molecule is C#CCC(Nc1ncnc2onc(C)c12)C(=O)O. The largest absolute Gasteiger partial charge is 0.480 e. The van der Waals surface area contributed by atoms with Gasteiger partial charge in [-0.2, -0.15) is 4.98 Å². The molecule has 0 amide bonds. The molecule has 2 rings (SSSR count). The highest BCUT2D eigenvalue weighted by Gasteiger charge is 2.20. The fraction of sp³-hybridized carbons (Fsp3) is 0.273. The number of carboxylic acid groups (broad SMARTS) is 1. The molecular formula is C11H10N4O3. The van der Waals surface area contributed by atoms with Crippen LogP contribution >= 0.6 is 0 Å². The summed E-state index contributed by atoms with van der Waals surface area (Å²) < 4.78 is 4.96. The van der Waals surface area contributed by atoms with Crippen molar-refractivity contribution in [3.63, 3.8) is 0 Å². The van der Waals surface area contributed by atoms with Crippen molar-refractivity contribution in [2.45, 2.75) is 19.4 Å². The van der Waals surface area contributed by atoms with Crippen LogP contribution < -0.4 is 5.32 Å². The Morgan fingerprint density at radius 1 is 1.67 bits per heavy atom. The molecular weight excluding hydrogens is 236 g/mol. The second-order valence-electron chi connectivity index (χ2n) is 3.61. The first-order valence-electron chi connectivity index (χ1n) is 5.13. The molecule has 2 aromatic heterocycles. The van der Waals surface area contributed by atoms with Crippen LogP contribution in [-0.2, 0) is 4.79 Å². The number of aryl methyl sites for hydroxylation is 1. The lowest BCUT2D eigenvalue weighted by molar-refractivity contribution is -0.137. The molecule has 0 radical (unpaired) electrons. The summed E-state index contributed by atoms with van der Waals surface area (Å²) in [5.41, 5.74) is 0.882. The summed E-state index contributed by atoms with van der Waals surface area (Å²) in [7, 11) is 0. The van der Waals surface area contributed by atoms with E-state index in [1.165, 1.54) is 6.33 Å². The zero-order valence-corrected chi connectivity index (χ0v) is 9.54. The number of terminal acetylenes is 1. The minimum absolute atomic E-state index is 0.0468. The standard InChI is InChI=1S/C11H10N4O3/c1-3-4-7(11(16)17)14-9-8-6(2)15-18-10(8)13-5-12-9/h1,5,7H,4H2,2H3,(H,16,17)(H,12,13,14). The van der Waals surface area contributed by atoms with E-state index in [1.807, 2.05) is 0 Å². The van der Waals surface area contributed by atoms with Gasteiger partial charge >= 0.3 is 5.97 Å². The van der Waals surface area contributed by atoms with Gasteiger partial charge in [-0.1, -0.05) is 5.16 Å². The minimum Gasteiger partial charge on any atom is -0.480 e. The summed E-state index contributed by atoms with van der Waals surface area (Å²) >= 11 is 0. The Kier molecular flexibility index (Phi) is 3.10. The molecule has 0 aliphatic rings. The molecule has 18 heavy (non-hydrogen) atoms. The molecule has 0 bridgehead atoms. The van der Waals surface area contributed by atoms with Crippen molar-refractivity contribution >= 4 is 22.9 Å². The number of aliphatic carboxylic acids is 1. The van der Waals surface area contributed by atoms with Gasteiger partial charge in [0, 0.05) is 6.42 Å². The number of aromatic nitrogens is 3. The smallest absolute Gasteiger partial charge is 0.327 e. The zero-order chi connectivity index (χ0) is 13.1. The van der Waals surface area contributed by atoms with Crippen molar-refractivity contribution in [2.75, 3.05) is 5.32 Å². The molecule has 7 nitrogen and oxygen atoms in total. The average Bonchev–Trinajstić information content (AvgIpc) is 2.71. The van der Waals surface area contributed by atoms with E-state index in [0.717, 1.165) is 0 Å². The van der Waals surface area contributed by atoms with Crippen molar-refractivity contribution in [3.8, 4) is 12.3 Å². The Balaban J connectivity index is 2.39. The molecule has 0 saturated heterocycles. The van der Waals surface area contributed by atoms with Crippen LogP contribution in [0, 0.1) is 19.3 Å². The zero-order valence-electron chi connectivity index (χ0n) is 9.54. The lowest BCUT2D eigenvalue weighted by Gasteiger charge is -2.12. The Morgan fingerprint density at radius 3 is 3.11 bits per heavy atom. The molecule has 1 atom stereocenters. The summed E-state index contributed by atoms with van der Waals surface area (Å²) in [5, 5.41) is 16.1. The first-order chi connectivity index (χ1) is 8.63. The van der Waals surface area contributed by atoms with E-state index < -0.39 is 12.0 Å². The lowest BCUT2D eigenvalue weighted by atomic mass is 10.2. The molecule has 0 spiro atoms. The highest BCUT2D eigenvalue weighted by atomic mass is 16.5. The van der Waals surface area contributed by atoms with Crippen molar-refractivity contribution in [2.24, 2.45) is 0 Å². The minimum atomic E-state index is -1.05. The maximum absolute atomic E-state index is 11.0. The van der Waals surface area contributed by atoms with Crippen LogP contribution in [0.4, 0.5) is 5.82 Å². The predicted octanol–water partition coefficient (Wildman–Crippen LogP) is 0.815. The van der Waals surface area contributed by atoms with Crippen LogP contribution in [0.1, 0.15) is 12.1 Å². The molecule has 0 fully saturated rings. The Morgan fingerprint density at radius 2 is 2.44 bits per heavy atom. The van der Waals surface area contributed by atoms with Gasteiger partial charge in [-0.05, 0) is 6.92 Å². The van der Waals surface area contributed by atoms with E-state index in [0.29, 0.717) is 22.6 Å². The molecule has 0 saturated carbocycles. The van der Waals surface area contributed by atoms with Gasteiger partial charge in [0.2, 0.25) is 0 Å². The number of hydrogen-bond acceptors (Lipinski definition) is 6. The monoisotopic (exact) mass is 246 g/mol. The Bertz CT molecular complexity index is 629. The number of rotatable bonds is 4. The van der Waals surface area contributed by atoms with Crippen molar-refractivity contribution in [1.29, 1.82) is 0 Å². The van der Waals surface area contributed by atoms with Gasteiger partial charge in [-0.15, -0.1) is 12.3 Å². The Labute approximate surface area is 102 Å². The van der Waals surface area contributed by atoms with Crippen molar-refractivity contribution < 1.29 is 14.4 Å². The van der Waals surface area contributed by atoms with Gasteiger partial charge in [-0.25, -0.2) is 9.78 Å². The van der Waals surface area contributed by atoms with Gasteiger partial charge in [-0.3, -0.25) is 0 Å². The highest BCUT2D eigenvalue weighted by Crippen LogP contribution is 2.23. The van der Waals surface area contributed by atoms with E-state index >= 15 is 0 Å². The van der Waals surface area contributed by atoms with Crippen molar-refractivity contribution in [1.82, 2.24) is 15.1 Å². The predicted molar refractivity (Wildman–Crippen MR) is 62.8 cm³/mol. The van der Waals surface area contributed by atoms with E-state index in [-0.39, 0.29) is 6.42 Å². The fourth-order valence-electron chi connectivity index (χ4n) is 1.51. The number of hydrogen-bond donors (Lipinski definition) is 2. The van der Waals surface area contributed by atoms with Crippen LogP contribution in [0.3, 0.4) is 0 Å². The van der Waals surface area contributed by atoms with Crippen LogP contribution in [0.2, 0.25) is 0 Å².